The van der Waals surface area contributed by atoms with Gasteiger partial charge in [-0.1, -0.05) is 258 Å². The van der Waals surface area contributed by atoms with Crippen LogP contribution in [-0.4, -0.2) is 37.2 Å². The van der Waals surface area contributed by atoms with Crippen molar-refractivity contribution in [2.24, 2.45) is 0 Å². The Morgan fingerprint density at radius 1 is 0.284 bits per heavy atom. The zero-order valence-electron chi connectivity index (χ0n) is 48.1. The predicted octanol–water partition coefficient (Wildman–Crippen LogP) is 20.8. The van der Waals surface area contributed by atoms with Gasteiger partial charge in [-0.15, -0.1) is 0 Å². The van der Waals surface area contributed by atoms with Gasteiger partial charge in [0, 0.05) is 19.3 Å². The Kier molecular flexibility index (Phi) is 57.9. The van der Waals surface area contributed by atoms with Crippen LogP contribution in [-0.2, 0) is 28.6 Å². The molecule has 0 aliphatic heterocycles. The van der Waals surface area contributed by atoms with Gasteiger partial charge in [-0.05, 0) is 116 Å². The van der Waals surface area contributed by atoms with E-state index in [1.54, 1.807) is 0 Å². The number of carbonyl (C=O) groups is 3. The lowest BCUT2D eigenvalue weighted by Crippen LogP contribution is -2.30. The van der Waals surface area contributed by atoms with Crippen molar-refractivity contribution in [1.29, 1.82) is 0 Å². The molecular weight excluding hydrogens is 913 g/mol. The molecule has 0 aromatic carbocycles. The average molecular weight is 1030 g/mol. The van der Waals surface area contributed by atoms with Crippen molar-refractivity contribution in [1.82, 2.24) is 0 Å². The predicted molar refractivity (Wildman–Crippen MR) is 320 cm³/mol. The molecule has 0 spiro atoms. The van der Waals surface area contributed by atoms with Crippen LogP contribution >= 0.6 is 0 Å². The number of allylic oxidation sites excluding steroid dienone is 20. The van der Waals surface area contributed by atoms with Gasteiger partial charge in [0.05, 0.1) is 0 Å². The third-order valence-corrected chi connectivity index (χ3v) is 12.7. The fourth-order valence-electron chi connectivity index (χ4n) is 8.13. The summed E-state index contributed by atoms with van der Waals surface area (Å²) in [6.07, 6.45) is 84.9. The lowest BCUT2D eigenvalue weighted by molar-refractivity contribution is -0.167. The molecule has 0 amide bonds. The van der Waals surface area contributed by atoms with Crippen molar-refractivity contribution in [3.05, 3.63) is 122 Å². The van der Waals surface area contributed by atoms with Gasteiger partial charge in [-0.25, -0.2) is 0 Å². The van der Waals surface area contributed by atoms with E-state index in [9.17, 15) is 14.4 Å². The molecule has 6 nitrogen and oxygen atoms in total. The number of ether oxygens (including phenoxy) is 3. The minimum atomic E-state index is -0.790. The number of rotatable bonds is 54. The van der Waals surface area contributed by atoms with Crippen LogP contribution in [0.1, 0.15) is 271 Å². The Balaban J connectivity index is 4.24. The normalized spacial score (nSPS) is 13.0. The van der Waals surface area contributed by atoms with E-state index in [1.807, 2.05) is 0 Å². The molecule has 1 atom stereocenters. The van der Waals surface area contributed by atoms with E-state index in [1.165, 1.54) is 83.5 Å². The summed E-state index contributed by atoms with van der Waals surface area (Å²) in [5.74, 6) is -0.919. The van der Waals surface area contributed by atoms with Crippen LogP contribution in [0.4, 0.5) is 0 Å². The first-order valence-electron chi connectivity index (χ1n) is 30.5. The van der Waals surface area contributed by atoms with Crippen molar-refractivity contribution >= 4 is 17.9 Å². The van der Waals surface area contributed by atoms with E-state index in [0.29, 0.717) is 19.3 Å². The Morgan fingerprint density at radius 2 is 0.527 bits per heavy atom. The molecule has 0 aliphatic carbocycles. The smallest absolute Gasteiger partial charge is 0.306 e. The monoisotopic (exact) mass is 1020 g/mol. The first-order chi connectivity index (χ1) is 36.5. The van der Waals surface area contributed by atoms with E-state index in [4.69, 9.17) is 14.2 Å². The Labute approximate surface area is 456 Å². The largest absolute Gasteiger partial charge is 0.462 e. The highest BCUT2D eigenvalue weighted by atomic mass is 16.6. The highest BCUT2D eigenvalue weighted by Crippen LogP contribution is 2.14. The van der Waals surface area contributed by atoms with Gasteiger partial charge in [0.25, 0.3) is 0 Å². The molecule has 0 bridgehead atoms. The van der Waals surface area contributed by atoms with Crippen LogP contribution in [0.3, 0.4) is 0 Å². The van der Waals surface area contributed by atoms with Gasteiger partial charge in [-0.3, -0.25) is 14.4 Å². The van der Waals surface area contributed by atoms with E-state index >= 15 is 0 Å². The van der Waals surface area contributed by atoms with E-state index in [-0.39, 0.29) is 31.1 Å². The molecule has 1 unspecified atom stereocenters. The second kappa shape index (κ2) is 61.4. The highest BCUT2D eigenvalue weighted by molar-refractivity contribution is 5.71. The summed E-state index contributed by atoms with van der Waals surface area (Å²) >= 11 is 0. The molecule has 0 aliphatic rings. The highest BCUT2D eigenvalue weighted by Gasteiger charge is 2.19. The lowest BCUT2D eigenvalue weighted by Gasteiger charge is -2.18. The molecule has 0 N–H and O–H groups in total. The van der Waals surface area contributed by atoms with Crippen LogP contribution in [0.2, 0.25) is 0 Å². The van der Waals surface area contributed by atoms with Gasteiger partial charge in [0.1, 0.15) is 13.2 Å². The molecule has 0 rings (SSSR count). The molecule has 0 aromatic rings. The molecule has 0 saturated heterocycles. The molecule has 0 radical (unpaired) electrons. The summed E-state index contributed by atoms with van der Waals surface area (Å²) in [4.78, 5) is 38.0. The van der Waals surface area contributed by atoms with Gasteiger partial charge in [0.15, 0.2) is 6.10 Å². The van der Waals surface area contributed by atoms with E-state index < -0.39 is 6.10 Å². The summed E-state index contributed by atoms with van der Waals surface area (Å²) < 4.78 is 16.8. The molecule has 6 heteroatoms. The third-order valence-electron chi connectivity index (χ3n) is 12.7. The number of unbranched alkanes of at least 4 members (excludes halogenated alkanes) is 23. The fourth-order valence-corrected chi connectivity index (χ4v) is 8.13. The van der Waals surface area contributed by atoms with Crippen LogP contribution in [0.15, 0.2) is 122 Å². The first kappa shape index (κ1) is 69.8. The number of carbonyl (C=O) groups excluding carboxylic acids is 3. The number of hydrogen-bond acceptors (Lipinski definition) is 6. The van der Waals surface area contributed by atoms with Crippen molar-refractivity contribution in [2.45, 2.75) is 277 Å². The van der Waals surface area contributed by atoms with E-state index in [0.717, 1.165) is 148 Å². The van der Waals surface area contributed by atoms with E-state index in [2.05, 4.69) is 142 Å². The van der Waals surface area contributed by atoms with Crippen molar-refractivity contribution in [2.75, 3.05) is 13.2 Å². The first-order valence-corrected chi connectivity index (χ1v) is 30.5. The quantitative estimate of drug-likeness (QED) is 0.0261. The maximum Gasteiger partial charge on any atom is 0.306 e. The molecule has 0 aromatic heterocycles. The maximum atomic E-state index is 12.8. The molecule has 0 fully saturated rings. The summed E-state index contributed by atoms with van der Waals surface area (Å²) in [5.41, 5.74) is 0. The van der Waals surface area contributed by atoms with Crippen molar-refractivity contribution in [3.63, 3.8) is 0 Å². The third kappa shape index (κ3) is 58.7. The number of esters is 3. The summed E-state index contributed by atoms with van der Waals surface area (Å²) in [7, 11) is 0. The topological polar surface area (TPSA) is 78.9 Å². The zero-order chi connectivity index (χ0) is 53.6. The standard InChI is InChI=1S/C68H112O6/c1-4-7-10-13-16-19-21-23-25-26-27-28-29-30-31-32-33-34-35-36-37-38-39-40-41-42-43-45-46-49-52-55-58-61-67(70)73-64-65(63-72-66(69)60-57-54-51-48-18-15-12-9-6-3)74-68(71)62-59-56-53-50-47-44-24-22-20-17-14-11-8-5-2/h7,10,16,19,22-25,27-28,30-31,33-34,36-37,39-40,42-43,65H,4-6,8-9,11-15,17-18,20-21,26,29,32,35,38,41,44-64H2,1-3H3/b10-7-,19-16-,24-22-,25-23-,28-27-,31-30-,34-33-,37-36-,40-39-,43-42-. The Bertz CT molecular complexity index is 1550. The Hall–Kier alpha value is -4.19. The molecule has 0 saturated carbocycles. The molecular formula is C68H112O6. The van der Waals surface area contributed by atoms with Crippen molar-refractivity contribution in [3.8, 4) is 0 Å². The van der Waals surface area contributed by atoms with Gasteiger partial charge >= 0.3 is 17.9 Å². The minimum absolute atomic E-state index is 0.0874. The van der Waals surface area contributed by atoms with Gasteiger partial charge in [-0.2, -0.15) is 0 Å². The molecule has 0 heterocycles. The molecule has 420 valence electrons. The lowest BCUT2D eigenvalue weighted by atomic mass is 10.1. The minimum Gasteiger partial charge on any atom is -0.462 e. The van der Waals surface area contributed by atoms with Crippen LogP contribution in [0.5, 0.6) is 0 Å². The van der Waals surface area contributed by atoms with Crippen molar-refractivity contribution < 1.29 is 28.6 Å². The van der Waals surface area contributed by atoms with Gasteiger partial charge in [0.2, 0.25) is 0 Å². The summed E-state index contributed by atoms with van der Waals surface area (Å²) in [5, 5.41) is 0. The fraction of sp³-hybridized carbons (Fsp3) is 0.662. The van der Waals surface area contributed by atoms with Crippen LogP contribution in [0, 0.1) is 0 Å². The zero-order valence-corrected chi connectivity index (χ0v) is 48.1. The average Bonchev–Trinajstić information content (AvgIpc) is 3.40. The number of hydrogen-bond donors (Lipinski definition) is 0. The maximum absolute atomic E-state index is 12.8. The van der Waals surface area contributed by atoms with Crippen LogP contribution < -0.4 is 0 Å². The SMILES string of the molecule is CC/C=C\C/C=C\C/C=C\C/C=C\C/C=C\C/C=C\C/C=C\C/C=C\C/C=C\CCCCCCCC(=O)OCC(COC(=O)CCCCCCCCCCC)OC(=O)CCCCCCC/C=C\CCCCCCC. The second-order valence-electron chi connectivity index (χ2n) is 19.9. The second-order valence-corrected chi connectivity index (χ2v) is 19.9. The summed E-state index contributed by atoms with van der Waals surface area (Å²) in [6.45, 7) is 6.47. The molecule has 74 heavy (non-hydrogen) atoms. The van der Waals surface area contributed by atoms with Gasteiger partial charge < -0.3 is 14.2 Å². The Morgan fingerprint density at radius 3 is 0.838 bits per heavy atom. The van der Waals surface area contributed by atoms with Crippen LogP contribution in [0.25, 0.3) is 0 Å². The summed E-state index contributed by atoms with van der Waals surface area (Å²) in [6, 6.07) is 0.